The average Bonchev–Trinajstić information content (AvgIpc) is 2.75. The molecule has 0 unspecified atom stereocenters. The Labute approximate surface area is 71.4 Å². The van der Waals surface area contributed by atoms with Gasteiger partial charge >= 0.3 is 0 Å². The zero-order valence-corrected chi connectivity index (χ0v) is 7.58. The van der Waals surface area contributed by atoms with E-state index in [0.29, 0.717) is 0 Å². The molecule has 1 aromatic heterocycles. The maximum atomic E-state index is 3.17. The summed E-state index contributed by atoms with van der Waals surface area (Å²) >= 11 is 1.97. The third-order valence-electron chi connectivity index (χ3n) is 2.01. The molecular weight excluding hydrogens is 154 g/mol. The third-order valence-corrected chi connectivity index (χ3v) is 3.26. The SMILES string of the molecule is CNCc1ccc(C2CC2)s1. The summed E-state index contributed by atoms with van der Waals surface area (Å²) in [5, 5.41) is 3.17. The highest BCUT2D eigenvalue weighted by Crippen LogP contribution is 2.43. The predicted octanol–water partition coefficient (Wildman–Crippen LogP) is 2.34. The Morgan fingerprint density at radius 3 is 3.00 bits per heavy atom. The highest BCUT2D eigenvalue weighted by molar-refractivity contribution is 7.12. The van der Waals surface area contributed by atoms with Crippen molar-refractivity contribution in [2.45, 2.75) is 25.3 Å². The summed E-state index contributed by atoms with van der Waals surface area (Å²) in [6.07, 6.45) is 2.83. The maximum absolute atomic E-state index is 3.17. The van der Waals surface area contributed by atoms with Gasteiger partial charge in [-0.1, -0.05) is 0 Å². The molecule has 1 fully saturated rings. The quantitative estimate of drug-likeness (QED) is 0.728. The van der Waals surface area contributed by atoms with E-state index >= 15 is 0 Å². The van der Waals surface area contributed by atoms with Crippen LogP contribution in [0.25, 0.3) is 0 Å². The minimum atomic E-state index is 0.922. The molecule has 1 saturated carbocycles. The van der Waals surface area contributed by atoms with Gasteiger partial charge in [-0.3, -0.25) is 0 Å². The minimum Gasteiger partial charge on any atom is -0.315 e. The summed E-state index contributed by atoms with van der Waals surface area (Å²) in [5.74, 6) is 0.922. The van der Waals surface area contributed by atoms with Crippen molar-refractivity contribution in [3.63, 3.8) is 0 Å². The van der Waals surface area contributed by atoms with Crippen molar-refractivity contribution in [2.75, 3.05) is 7.05 Å². The second kappa shape index (κ2) is 2.95. The zero-order valence-electron chi connectivity index (χ0n) is 6.76. The van der Waals surface area contributed by atoms with Gasteiger partial charge in [0.15, 0.2) is 0 Å². The van der Waals surface area contributed by atoms with Gasteiger partial charge in [0.1, 0.15) is 0 Å². The molecule has 1 aromatic rings. The fourth-order valence-corrected chi connectivity index (χ4v) is 2.44. The van der Waals surface area contributed by atoms with Gasteiger partial charge in [0, 0.05) is 16.3 Å². The third kappa shape index (κ3) is 1.63. The van der Waals surface area contributed by atoms with E-state index in [1.165, 1.54) is 17.7 Å². The Morgan fingerprint density at radius 2 is 2.36 bits per heavy atom. The fourth-order valence-electron chi connectivity index (χ4n) is 1.25. The van der Waals surface area contributed by atoms with Crippen LogP contribution in [-0.2, 0) is 6.54 Å². The molecule has 0 radical (unpaired) electrons. The van der Waals surface area contributed by atoms with E-state index in [1.54, 1.807) is 4.88 Å². The van der Waals surface area contributed by atoms with Crippen LogP contribution in [0.5, 0.6) is 0 Å². The Bertz CT molecular complexity index is 237. The summed E-state index contributed by atoms with van der Waals surface area (Å²) in [5.41, 5.74) is 0. The number of nitrogens with one attached hydrogen (secondary N) is 1. The summed E-state index contributed by atoms with van der Waals surface area (Å²) in [6.45, 7) is 1.03. The molecule has 0 amide bonds. The lowest BCUT2D eigenvalue weighted by molar-refractivity contribution is 0.831. The van der Waals surface area contributed by atoms with E-state index in [0.717, 1.165) is 12.5 Å². The molecule has 11 heavy (non-hydrogen) atoms. The van der Waals surface area contributed by atoms with Crippen molar-refractivity contribution < 1.29 is 0 Å². The number of rotatable bonds is 3. The second-order valence-electron chi connectivity index (χ2n) is 3.11. The van der Waals surface area contributed by atoms with Gasteiger partial charge in [0.25, 0.3) is 0 Å². The highest BCUT2D eigenvalue weighted by Gasteiger charge is 2.24. The molecule has 1 N–H and O–H groups in total. The first-order chi connectivity index (χ1) is 5.40. The summed E-state index contributed by atoms with van der Waals surface area (Å²) in [6, 6.07) is 4.53. The summed E-state index contributed by atoms with van der Waals surface area (Å²) in [4.78, 5) is 3.06. The molecule has 0 bridgehead atoms. The Hall–Kier alpha value is -0.340. The Morgan fingerprint density at radius 1 is 1.55 bits per heavy atom. The molecule has 0 spiro atoms. The van der Waals surface area contributed by atoms with Crippen LogP contribution in [-0.4, -0.2) is 7.05 Å². The van der Waals surface area contributed by atoms with Crippen molar-refractivity contribution >= 4 is 11.3 Å². The Balaban J connectivity index is 2.06. The first-order valence-electron chi connectivity index (χ1n) is 4.13. The van der Waals surface area contributed by atoms with Crippen LogP contribution in [0.3, 0.4) is 0 Å². The monoisotopic (exact) mass is 167 g/mol. The normalized spacial score (nSPS) is 17.2. The van der Waals surface area contributed by atoms with Crippen LogP contribution < -0.4 is 5.32 Å². The molecule has 1 nitrogen and oxygen atoms in total. The van der Waals surface area contributed by atoms with Gasteiger partial charge < -0.3 is 5.32 Å². The van der Waals surface area contributed by atoms with Crippen molar-refractivity contribution in [3.8, 4) is 0 Å². The van der Waals surface area contributed by atoms with Gasteiger partial charge in [0.2, 0.25) is 0 Å². The van der Waals surface area contributed by atoms with Crippen molar-refractivity contribution in [1.82, 2.24) is 5.32 Å². The van der Waals surface area contributed by atoms with E-state index in [4.69, 9.17) is 0 Å². The number of hydrogen-bond donors (Lipinski definition) is 1. The number of hydrogen-bond acceptors (Lipinski definition) is 2. The maximum Gasteiger partial charge on any atom is 0.0296 e. The van der Waals surface area contributed by atoms with Gasteiger partial charge in [-0.05, 0) is 37.9 Å². The lowest BCUT2D eigenvalue weighted by Gasteiger charge is -1.91. The highest BCUT2D eigenvalue weighted by atomic mass is 32.1. The minimum absolute atomic E-state index is 0.922. The van der Waals surface area contributed by atoms with Gasteiger partial charge in [-0.25, -0.2) is 0 Å². The van der Waals surface area contributed by atoms with Crippen molar-refractivity contribution in [1.29, 1.82) is 0 Å². The van der Waals surface area contributed by atoms with E-state index in [1.807, 2.05) is 18.4 Å². The molecular formula is C9H13NS. The molecule has 0 aliphatic heterocycles. The van der Waals surface area contributed by atoms with Gasteiger partial charge in [-0.15, -0.1) is 11.3 Å². The van der Waals surface area contributed by atoms with Crippen LogP contribution in [0.2, 0.25) is 0 Å². The summed E-state index contributed by atoms with van der Waals surface area (Å²) in [7, 11) is 2.00. The first kappa shape index (κ1) is 7.32. The molecule has 1 aliphatic carbocycles. The molecule has 1 aliphatic rings. The van der Waals surface area contributed by atoms with Gasteiger partial charge in [-0.2, -0.15) is 0 Å². The van der Waals surface area contributed by atoms with Crippen LogP contribution >= 0.6 is 11.3 Å². The number of thiophene rings is 1. The smallest absolute Gasteiger partial charge is 0.0296 e. The lowest BCUT2D eigenvalue weighted by Crippen LogP contribution is -2.02. The van der Waals surface area contributed by atoms with Crippen LogP contribution in [0.1, 0.15) is 28.5 Å². The summed E-state index contributed by atoms with van der Waals surface area (Å²) < 4.78 is 0. The standard InChI is InChI=1S/C9H13NS/c1-10-6-8-4-5-9(11-8)7-2-3-7/h4-5,7,10H,2-3,6H2,1H3. The van der Waals surface area contributed by atoms with Gasteiger partial charge in [0.05, 0.1) is 0 Å². The largest absolute Gasteiger partial charge is 0.315 e. The molecule has 0 aromatic carbocycles. The van der Waals surface area contributed by atoms with Crippen molar-refractivity contribution in [2.24, 2.45) is 0 Å². The van der Waals surface area contributed by atoms with Crippen LogP contribution in [0.4, 0.5) is 0 Å². The average molecular weight is 167 g/mol. The Kier molecular flexibility index (Phi) is 1.96. The molecule has 0 atom stereocenters. The molecule has 60 valence electrons. The lowest BCUT2D eigenvalue weighted by atomic mass is 10.3. The van der Waals surface area contributed by atoms with E-state index in [9.17, 15) is 0 Å². The van der Waals surface area contributed by atoms with Crippen molar-refractivity contribution in [3.05, 3.63) is 21.9 Å². The van der Waals surface area contributed by atoms with Crippen LogP contribution in [0.15, 0.2) is 12.1 Å². The van der Waals surface area contributed by atoms with E-state index in [2.05, 4.69) is 17.4 Å². The fraction of sp³-hybridized carbons (Fsp3) is 0.556. The molecule has 0 saturated heterocycles. The molecule has 2 heteroatoms. The van der Waals surface area contributed by atoms with E-state index < -0.39 is 0 Å². The van der Waals surface area contributed by atoms with Crippen LogP contribution in [0, 0.1) is 0 Å². The molecule has 1 heterocycles. The second-order valence-corrected chi connectivity index (χ2v) is 4.31. The topological polar surface area (TPSA) is 12.0 Å². The van der Waals surface area contributed by atoms with E-state index in [-0.39, 0.29) is 0 Å². The molecule has 2 rings (SSSR count). The predicted molar refractivity (Wildman–Crippen MR) is 49.1 cm³/mol. The zero-order chi connectivity index (χ0) is 7.68. The first-order valence-corrected chi connectivity index (χ1v) is 4.95.